The molecule has 0 bridgehead atoms. The molecule has 150 valence electrons. The van der Waals surface area contributed by atoms with Gasteiger partial charge in [-0.05, 0) is 31.5 Å². The van der Waals surface area contributed by atoms with Gasteiger partial charge in [-0.25, -0.2) is 9.59 Å². The molecule has 0 aliphatic carbocycles. The topological polar surface area (TPSA) is 72.3 Å². The molecule has 0 unspecified atom stereocenters. The van der Waals surface area contributed by atoms with Crippen molar-refractivity contribution in [2.45, 2.75) is 25.4 Å². The minimum Gasteiger partial charge on any atom is -0.468 e. The summed E-state index contributed by atoms with van der Waals surface area (Å²) in [4.78, 5) is 32.3. The molecule has 2 atom stereocenters. The molecule has 1 N–H and O–H groups in total. The summed E-state index contributed by atoms with van der Waals surface area (Å²) in [7, 11) is 7.08. The molecule has 2 saturated heterocycles. The fourth-order valence-electron chi connectivity index (χ4n) is 4.27. The molecule has 1 spiro atoms. The first-order valence-corrected chi connectivity index (χ1v) is 9.49. The van der Waals surface area contributed by atoms with Crippen LogP contribution < -0.4 is 5.32 Å². The number of nitrogens with zero attached hydrogens (tertiary/aromatic N) is 4. The van der Waals surface area contributed by atoms with Gasteiger partial charge in [-0.3, -0.25) is 4.90 Å². The lowest BCUT2D eigenvalue weighted by atomic mass is 9.74. The minimum atomic E-state index is -0.137. The number of rotatable bonds is 3. The second kappa shape index (κ2) is 7.80. The van der Waals surface area contributed by atoms with Gasteiger partial charge in [-0.15, -0.1) is 0 Å². The van der Waals surface area contributed by atoms with Gasteiger partial charge in [0.1, 0.15) is 5.76 Å². The Bertz CT molecular complexity index is 660. The zero-order valence-electron chi connectivity index (χ0n) is 16.8. The molecule has 2 fully saturated rings. The van der Waals surface area contributed by atoms with Gasteiger partial charge >= 0.3 is 12.1 Å². The second-order valence-electron chi connectivity index (χ2n) is 8.19. The highest BCUT2D eigenvalue weighted by molar-refractivity contribution is 5.75. The van der Waals surface area contributed by atoms with E-state index in [9.17, 15) is 9.59 Å². The van der Waals surface area contributed by atoms with E-state index in [0.717, 1.165) is 38.2 Å². The Balaban J connectivity index is 1.76. The van der Waals surface area contributed by atoms with Crippen LogP contribution in [0, 0.1) is 5.41 Å². The number of furan rings is 1. The summed E-state index contributed by atoms with van der Waals surface area (Å²) in [6, 6.07) is 3.91. The van der Waals surface area contributed by atoms with E-state index in [2.05, 4.69) is 10.2 Å². The van der Waals surface area contributed by atoms with Crippen molar-refractivity contribution in [2.75, 3.05) is 54.4 Å². The van der Waals surface area contributed by atoms with Gasteiger partial charge in [0.25, 0.3) is 0 Å². The van der Waals surface area contributed by atoms with Gasteiger partial charge in [-0.2, -0.15) is 0 Å². The molecule has 2 aliphatic rings. The van der Waals surface area contributed by atoms with Crippen LogP contribution >= 0.6 is 0 Å². The predicted octanol–water partition coefficient (Wildman–Crippen LogP) is 1.50. The number of hydrogen-bond acceptors (Lipinski definition) is 4. The molecule has 27 heavy (non-hydrogen) atoms. The van der Waals surface area contributed by atoms with E-state index in [1.54, 1.807) is 44.3 Å². The third kappa shape index (κ3) is 4.21. The lowest BCUT2D eigenvalue weighted by Crippen LogP contribution is -2.62. The number of urea groups is 2. The average molecular weight is 377 g/mol. The maximum Gasteiger partial charge on any atom is 0.319 e. The van der Waals surface area contributed by atoms with Crippen molar-refractivity contribution in [1.82, 2.24) is 24.9 Å². The summed E-state index contributed by atoms with van der Waals surface area (Å²) in [6.45, 7) is 3.85. The number of hydrogen-bond donors (Lipinski definition) is 1. The van der Waals surface area contributed by atoms with Crippen LogP contribution in [0.2, 0.25) is 0 Å². The Labute approximate surface area is 161 Å². The Kier molecular flexibility index (Phi) is 5.64. The summed E-state index contributed by atoms with van der Waals surface area (Å²) in [5, 5.41) is 3.20. The summed E-state index contributed by atoms with van der Waals surface area (Å²) in [5.41, 5.74) is -0.137. The molecular formula is C19H31N5O3. The normalized spacial score (nSPS) is 25.6. The van der Waals surface area contributed by atoms with E-state index in [1.165, 1.54) is 0 Å². The van der Waals surface area contributed by atoms with Crippen molar-refractivity contribution < 1.29 is 14.0 Å². The van der Waals surface area contributed by atoms with E-state index < -0.39 is 0 Å². The van der Waals surface area contributed by atoms with Crippen LogP contribution in [0.15, 0.2) is 22.8 Å². The van der Waals surface area contributed by atoms with Crippen molar-refractivity contribution in [1.29, 1.82) is 0 Å². The number of likely N-dealkylation sites (tertiary alicyclic amines) is 2. The Morgan fingerprint density at radius 1 is 1.22 bits per heavy atom. The van der Waals surface area contributed by atoms with Gasteiger partial charge in [0, 0.05) is 59.3 Å². The molecule has 8 heteroatoms. The van der Waals surface area contributed by atoms with Gasteiger partial charge < -0.3 is 24.4 Å². The molecular weight excluding hydrogens is 346 g/mol. The summed E-state index contributed by atoms with van der Waals surface area (Å²) in [5.74, 6) is 0.943. The predicted molar refractivity (Wildman–Crippen MR) is 102 cm³/mol. The van der Waals surface area contributed by atoms with Crippen LogP contribution in [0.3, 0.4) is 0 Å². The largest absolute Gasteiger partial charge is 0.468 e. The monoisotopic (exact) mass is 377 g/mol. The molecule has 3 rings (SSSR count). The Morgan fingerprint density at radius 3 is 2.63 bits per heavy atom. The highest BCUT2D eigenvalue weighted by atomic mass is 16.3. The third-order valence-electron chi connectivity index (χ3n) is 5.71. The van der Waals surface area contributed by atoms with Gasteiger partial charge in [-0.1, -0.05) is 0 Å². The molecule has 1 aromatic heterocycles. The first kappa shape index (κ1) is 19.5. The first-order chi connectivity index (χ1) is 12.8. The second-order valence-corrected chi connectivity index (χ2v) is 8.19. The van der Waals surface area contributed by atoms with Crippen LogP contribution in [0.4, 0.5) is 9.59 Å². The molecule has 4 amide bonds. The Hall–Kier alpha value is -2.22. The van der Waals surface area contributed by atoms with Crippen molar-refractivity contribution in [3.63, 3.8) is 0 Å². The number of carbonyl (C=O) groups excluding carboxylic acids is 2. The van der Waals surface area contributed by atoms with Gasteiger partial charge in [0.05, 0.1) is 12.8 Å². The third-order valence-corrected chi connectivity index (χ3v) is 5.71. The van der Waals surface area contributed by atoms with Crippen LogP contribution in [0.1, 0.15) is 18.6 Å². The van der Waals surface area contributed by atoms with Crippen LogP contribution in [-0.2, 0) is 6.54 Å². The number of amides is 4. The number of nitrogens with one attached hydrogen (secondary N) is 1. The Morgan fingerprint density at radius 2 is 2.00 bits per heavy atom. The average Bonchev–Trinajstić information content (AvgIpc) is 3.27. The standard InChI is InChI=1S/C19H31N5O3/c1-21(2)17(25)20-16-7-9-24(18(26)22(3)4)14-19(16)8-10-23(13-19)12-15-6-5-11-27-15/h5-6,11,16H,7-10,12-14H2,1-4H3,(H,20,25)/t16-,19-/m0/s1. The van der Waals surface area contributed by atoms with E-state index >= 15 is 0 Å². The summed E-state index contributed by atoms with van der Waals surface area (Å²) < 4.78 is 5.50. The van der Waals surface area contributed by atoms with E-state index in [0.29, 0.717) is 13.1 Å². The highest BCUT2D eigenvalue weighted by Gasteiger charge is 2.49. The van der Waals surface area contributed by atoms with E-state index in [1.807, 2.05) is 17.0 Å². The molecule has 2 aliphatic heterocycles. The summed E-state index contributed by atoms with van der Waals surface area (Å²) in [6.07, 6.45) is 3.41. The van der Waals surface area contributed by atoms with Crippen molar-refractivity contribution in [3.05, 3.63) is 24.2 Å². The van der Waals surface area contributed by atoms with Crippen LogP contribution in [-0.4, -0.2) is 92.1 Å². The maximum atomic E-state index is 12.5. The fourth-order valence-corrected chi connectivity index (χ4v) is 4.27. The van der Waals surface area contributed by atoms with Crippen LogP contribution in [0.5, 0.6) is 0 Å². The number of piperidine rings is 1. The van der Waals surface area contributed by atoms with Gasteiger partial charge in [0.15, 0.2) is 0 Å². The lowest BCUT2D eigenvalue weighted by molar-refractivity contribution is 0.0644. The highest BCUT2D eigenvalue weighted by Crippen LogP contribution is 2.40. The van der Waals surface area contributed by atoms with Crippen molar-refractivity contribution in [3.8, 4) is 0 Å². The van der Waals surface area contributed by atoms with Crippen molar-refractivity contribution >= 4 is 12.1 Å². The molecule has 3 heterocycles. The van der Waals surface area contributed by atoms with Crippen LogP contribution in [0.25, 0.3) is 0 Å². The first-order valence-electron chi connectivity index (χ1n) is 9.49. The smallest absolute Gasteiger partial charge is 0.319 e. The number of carbonyl (C=O) groups is 2. The van der Waals surface area contributed by atoms with E-state index in [-0.39, 0.29) is 23.5 Å². The molecule has 8 nitrogen and oxygen atoms in total. The molecule has 0 saturated carbocycles. The maximum absolute atomic E-state index is 12.5. The van der Waals surface area contributed by atoms with Gasteiger partial charge in [0.2, 0.25) is 0 Å². The zero-order valence-corrected chi connectivity index (χ0v) is 16.8. The minimum absolute atomic E-state index is 0.0382. The summed E-state index contributed by atoms with van der Waals surface area (Å²) >= 11 is 0. The zero-order chi connectivity index (χ0) is 19.6. The lowest BCUT2D eigenvalue weighted by Gasteiger charge is -2.47. The molecule has 0 radical (unpaired) electrons. The fraction of sp³-hybridized carbons (Fsp3) is 0.684. The van der Waals surface area contributed by atoms with Crippen molar-refractivity contribution in [2.24, 2.45) is 5.41 Å². The SMILES string of the molecule is CN(C)C(=O)N[C@H]1CCN(C(=O)N(C)C)C[C@@]12CCN(Cc1ccco1)C2. The molecule has 1 aromatic rings. The van der Waals surface area contributed by atoms with E-state index in [4.69, 9.17) is 4.42 Å². The molecule has 0 aromatic carbocycles. The quantitative estimate of drug-likeness (QED) is 0.866.